The number of benzene rings is 1. The van der Waals surface area contributed by atoms with Gasteiger partial charge in [-0.1, -0.05) is 18.2 Å². The fraction of sp³-hybridized carbons (Fsp3) is 0.571. The van der Waals surface area contributed by atoms with Crippen LogP contribution in [0, 0.1) is 0 Å². The second kappa shape index (κ2) is 6.72. The van der Waals surface area contributed by atoms with Crippen molar-refractivity contribution in [1.82, 2.24) is 5.32 Å². The van der Waals surface area contributed by atoms with E-state index in [1.54, 1.807) is 0 Å². The van der Waals surface area contributed by atoms with Crippen LogP contribution >= 0.6 is 23.5 Å². The second-order valence-electron chi connectivity index (χ2n) is 4.74. The molecule has 17 heavy (non-hydrogen) atoms. The van der Waals surface area contributed by atoms with E-state index in [-0.39, 0.29) is 0 Å². The molecule has 2 rings (SSSR count). The third-order valence-corrected chi connectivity index (χ3v) is 5.64. The first-order valence-corrected chi connectivity index (χ1v) is 8.28. The summed E-state index contributed by atoms with van der Waals surface area (Å²) in [5.41, 5.74) is 0. The minimum absolute atomic E-state index is 0.497. The number of thioether (sulfide) groups is 2. The molecule has 1 aromatic rings. The molecule has 0 radical (unpaired) electrons. The van der Waals surface area contributed by atoms with Crippen LogP contribution in [0.2, 0.25) is 0 Å². The maximum atomic E-state index is 3.60. The zero-order valence-corrected chi connectivity index (χ0v) is 12.1. The number of hydrogen-bond acceptors (Lipinski definition) is 3. The van der Waals surface area contributed by atoms with Gasteiger partial charge in [0.25, 0.3) is 0 Å². The van der Waals surface area contributed by atoms with Gasteiger partial charge >= 0.3 is 0 Å². The zero-order chi connectivity index (χ0) is 12.0. The molecule has 1 atom stereocenters. The van der Waals surface area contributed by atoms with Crippen LogP contribution < -0.4 is 5.32 Å². The van der Waals surface area contributed by atoms with Gasteiger partial charge in [-0.25, -0.2) is 0 Å². The number of hydrogen-bond donors (Lipinski definition) is 1. The van der Waals surface area contributed by atoms with Crippen molar-refractivity contribution in [2.75, 3.05) is 24.6 Å². The minimum Gasteiger partial charge on any atom is -0.315 e. The molecule has 94 valence electrons. The normalized spacial score (nSPS) is 24.1. The molecule has 1 fully saturated rings. The topological polar surface area (TPSA) is 12.0 Å². The molecular weight excluding hydrogens is 246 g/mol. The molecule has 3 heteroatoms. The summed E-state index contributed by atoms with van der Waals surface area (Å²) in [5, 5.41) is 3.60. The van der Waals surface area contributed by atoms with E-state index in [1.807, 2.05) is 11.8 Å². The average molecular weight is 267 g/mol. The summed E-state index contributed by atoms with van der Waals surface area (Å²) in [6, 6.07) is 10.6. The summed E-state index contributed by atoms with van der Waals surface area (Å²) in [7, 11) is 0. The molecule has 1 aromatic carbocycles. The lowest BCUT2D eigenvalue weighted by Crippen LogP contribution is -2.34. The molecular formula is C14H21NS2. The molecule has 1 N–H and O–H groups in total. The van der Waals surface area contributed by atoms with Crippen molar-refractivity contribution in [3.8, 4) is 0 Å². The Morgan fingerprint density at radius 3 is 2.88 bits per heavy atom. The Morgan fingerprint density at radius 2 is 2.18 bits per heavy atom. The van der Waals surface area contributed by atoms with Gasteiger partial charge in [-0.15, -0.1) is 11.8 Å². The summed E-state index contributed by atoms with van der Waals surface area (Å²) in [6.07, 6.45) is 2.76. The van der Waals surface area contributed by atoms with Crippen LogP contribution in [0.25, 0.3) is 0 Å². The van der Waals surface area contributed by atoms with E-state index in [0.29, 0.717) is 4.75 Å². The van der Waals surface area contributed by atoms with Crippen LogP contribution in [-0.2, 0) is 0 Å². The zero-order valence-electron chi connectivity index (χ0n) is 10.4. The van der Waals surface area contributed by atoms with Crippen molar-refractivity contribution in [1.29, 1.82) is 0 Å². The van der Waals surface area contributed by atoms with Gasteiger partial charge in [0.2, 0.25) is 0 Å². The lowest BCUT2D eigenvalue weighted by atomic mass is 10.1. The van der Waals surface area contributed by atoms with Crippen molar-refractivity contribution in [3.05, 3.63) is 30.3 Å². The van der Waals surface area contributed by atoms with E-state index in [9.17, 15) is 0 Å². The van der Waals surface area contributed by atoms with Gasteiger partial charge in [0.1, 0.15) is 0 Å². The van der Waals surface area contributed by atoms with Crippen molar-refractivity contribution >= 4 is 23.5 Å². The fourth-order valence-corrected chi connectivity index (χ4v) is 4.19. The van der Waals surface area contributed by atoms with Crippen molar-refractivity contribution in [2.24, 2.45) is 0 Å². The van der Waals surface area contributed by atoms with E-state index in [4.69, 9.17) is 0 Å². The predicted octanol–water partition coefficient (Wildman–Crippen LogP) is 3.65. The highest BCUT2D eigenvalue weighted by molar-refractivity contribution is 8.00. The standard InChI is InChI=1S/C14H21NS2/c1-14(8-5-10-17-14)12-15-9-11-16-13-6-3-2-4-7-13/h2-4,6-7,15H,5,8-12H2,1H3. The Hall–Kier alpha value is -0.120. The monoisotopic (exact) mass is 267 g/mol. The van der Waals surface area contributed by atoms with E-state index in [1.165, 1.54) is 23.5 Å². The molecule has 1 saturated heterocycles. The molecule has 1 aliphatic heterocycles. The fourth-order valence-electron chi connectivity index (χ4n) is 2.09. The van der Waals surface area contributed by atoms with Crippen LogP contribution in [0.4, 0.5) is 0 Å². The van der Waals surface area contributed by atoms with E-state index < -0.39 is 0 Å². The molecule has 1 nitrogen and oxygen atoms in total. The summed E-state index contributed by atoms with van der Waals surface area (Å²) in [5.74, 6) is 2.50. The van der Waals surface area contributed by atoms with Crippen molar-refractivity contribution < 1.29 is 0 Å². The Kier molecular flexibility index (Phi) is 5.26. The van der Waals surface area contributed by atoms with Crippen molar-refractivity contribution in [2.45, 2.75) is 29.4 Å². The highest BCUT2D eigenvalue weighted by Crippen LogP contribution is 2.36. The molecule has 1 unspecified atom stereocenters. The Morgan fingerprint density at radius 1 is 1.35 bits per heavy atom. The quantitative estimate of drug-likeness (QED) is 0.624. The lowest BCUT2D eigenvalue weighted by molar-refractivity contribution is 0.549. The molecule has 0 aromatic heterocycles. The molecule has 0 spiro atoms. The van der Waals surface area contributed by atoms with Crippen molar-refractivity contribution in [3.63, 3.8) is 0 Å². The lowest BCUT2D eigenvalue weighted by Gasteiger charge is -2.22. The SMILES string of the molecule is CC1(CNCCSc2ccccc2)CCCS1. The Balaban J connectivity index is 1.58. The summed E-state index contributed by atoms with van der Waals surface area (Å²) >= 11 is 4.06. The van der Waals surface area contributed by atoms with Gasteiger partial charge in [-0.05, 0) is 37.7 Å². The van der Waals surface area contributed by atoms with E-state index in [2.05, 4.69) is 54.3 Å². The third-order valence-electron chi connectivity index (χ3n) is 3.09. The summed E-state index contributed by atoms with van der Waals surface area (Å²) in [4.78, 5) is 1.37. The summed E-state index contributed by atoms with van der Waals surface area (Å²) in [6.45, 7) is 4.66. The molecule has 0 aliphatic carbocycles. The summed E-state index contributed by atoms with van der Waals surface area (Å²) < 4.78 is 0.497. The number of nitrogens with one attached hydrogen (secondary N) is 1. The smallest absolute Gasteiger partial charge is 0.0256 e. The van der Waals surface area contributed by atoms with Crippen LogP contribution in [0.15, 0.2) is 35.2 Å². The van der Waals surface area contributed by atoms with Gasteiger partial charge in [-0.2, -0.15) is 11.8 Å². The maximum Gasteiger partial charge on any atom is 0.0256 e. The van der Waals surface area contributed by atoms with Crippen LogP contribution in [0.1, 0.15) is 19.8 Å². The predicted molar refractivity (Wildman–Crippen MR) is 80.1 cm³/mol. The molecule has 1 aliphatic rings. The first kappa shape index (κ1) is 13.3. The van der Waals surface area contributed by atoms with Gasteiger partial charge in [0.05, 0.1) is 0 Å². The molecule has 0 amide bonds. The maximum absolute atomic E-state index is 3.60. The van der Waals surface area contributed by atoms with Gasteiger partial charge in [0.15, 0.2) is 0 Å². The van der Waals surface area contributed by atoms with Crippen LogP contribution in [-0.4, -0.2) is 29.3 Å². The first-order chi connectivity index (χ1) is 8.29. The largest absolute Gasteiger partial charge is 0.315 e. The Bertz CT molecular complexity index is 320. The third kappa shape index (κ3) is 4.57. The Labute approximate surface area is 113 Å². The van der Waals surface area contributed by atoms with Crippen LogP contribution in [0.5, 0.6) is 0 Å². The van der Waals surface area contributed by atoms with Gasteiger partial charge in [0, 0.05) is 28.5 Å². The minimum atomic E-state index is 0.497. The second-order valence-corrected chi connectivity index (χ2v) is 7.59. The highest BCUT2D eigenvalue weighted by Gasteiger charge is 2.28. The highest BCUT2D eigenvalue weighted by atomic mass is 32.2. The molecule has 0 bridgehead atoms. The van der Waals surface area contributed by atoms with Gasteiger partial charge in [-0.3, -0.25) is 0 Å². The van der Waals surface area contributed by atoms with Crippen LogP contribution in [0.3, 0.4) is 0 Å². The van der Waals surface area contributed by atoms with Gasteiger partial charge < -0.3 is 5.32 Å². The average Bonchev–Trinajstić information content (AvgIpc) is 2.77. The van der Waals surface area contributed by atoms with E-state index >= 15 is 0 Å². The molecule has 0 saturated carbocycles. The first-order valence-electron chi connectivity index (χ1n) is 6.31. The van der Waals surface area contributed by atoms with E-state index in [0.717, 1.165) is 18.8 Å². The molecule has 1 heterocycles. The number of rotatable bonds is 6.